The number of likely N-dealkylation sites (tertiary alicyclic amines) is 1. The molecule has 0 amide bonds. The van der Waals surface area contributed by atoms with E-state index >= 15 is 0 Å². The first-order valence-electron chi connectivity index (χ1n) is 9.87. The van der Waals surface area contributed by atoms with Crippen molar-refractivity contribution < 1.29 is 9.21 Å². The Balaban J connectivity index is 1.81. The van der Waals surface area contributed by atoms with Gasteiger partial charge in [0.2, 0.25) is 0 Å². The van der Waals surface area contributed by atoms with E-state index < -0.39 is 0 Å². The van der Waals surface area contributed by atoms with E-state index in [-0.39, 0.29) is 5.78 Å². The van der Waals surface area contributed by atoms with Crippen LogP contribution >= 0.6 is 0 Å². The fraction of sp³-hybridized carbons (Fsp3) is 0.333. The standard InChI is InChI=1S/C24H24N2O2/c1-16-4-3-11-26(16)12-9-22-21(7-5-20(15-25)24(22)17(2)27)18-6-8-23-19(14-18)10-13-28-23/h5-8,10,13-14,16H,3-4,9,11-12H2,1-2H3/t16-/m1/s1. The summed E-state index contributed by atoms with van der Waals surface area (Å²) in [4.78, 5) is 15.0. The first-order valence-corrected chi connectivity index (χ1v) is 9.87. The Morgan fingerprint density at radius 1 is 1.29 bits per heavy atom. The number of nitrogens with zero attached hydrogens (tertiary/aromatic N) is 2. The Kier molecular flexibility index (Phi) is 5.02. The summed E-state index contributed by atoms with van der Waals surface area (Å²) in [5, 5.41) is 10.6. The minimum absolute atomic E-state index is 0.0488. The summed E-state index contributed by atoms with van der Waals surface area (Å²) < 4.78 is 5.46. The zero-order valence-electron chi connectivity index (χ0n) is 16.4. The molecule has 1 aromatic heterocycles. The quantitative estimate of drug-likeness (QED) is 0.578. The molecule has 0 saturated carbocycles. The Bertz CT molecular complexity index is 1070. The van der Waals surface area contributed by atoms with Crippen molar-refractivity contribution in [3.63, 3.8) is 0 Å². The minimum Gasteiger partial charge on any atom is -0.464 e. The number of benzene rings is 2. The third-order valence-electron chi connectivity index (χ3n) is 5.89. The second-order valence-electron chi connectivity index (χ2n) is 7.63. The number of fused-ring (bicyclic) bond motifs is 1. The first kappa shape index (κ1) is 18.5. The average Bonchev–Trinajstić information content (AvgIpc) is 3.33. The number of ketones is 1. The number of furan rings is 1. The summed E-state index contributed by atoms with van der Waals surface area (Å²) in [5.41, 5.74) is 4.93. The molecule has 4 heteroatoms. The van der Waals surface area contributed by atoms with Crippen LogP contribution in [0.1, 0.15) is 48.2 Å². The van der Waals surface area contributed by atoms with Crippen molar-refractivity contribution in [1.82, 2.24) is 4.90 Å². The maximum absolute atomic E-state index is 12.5. The second-order valence-corrected chi connectivity index (χ2v) is 7.63. The number of nitriles is 1. The average molecular weight is 372 g/mol. The zero-order valence-corrected chi connectivity index (χ0v) is 16.4. The smallest absolute Gasteiger partial charge is 0.161 e. The molecule has 142 valence electrons. The fourth-order valence-electron chi connectivity index (χ4n) is 4.39. The van der Waals surface area contributed by atoms with Gasteiger partial charge in [-0.15, -0.1) is 0 Å². The number of hydrogen-bond donors (Lipinski definition) is 0. The van der Waals surface area contributed by atoms with Crippen molar-refractivity contribution in [3.05, 3.63) is 59.4 Å². The minimum atomic E-state index is -0.0488. The van der Waals surface area contributed by atoms with Gasteiger partial charge in [-0.25, -0.2) is 0 Å². The highest BCUT2D eigenvalue weighted by atomic mass is 16.3. The van der Waals surface area contributed by atoms with Gasteiger partial charge in [0.05, 0.1) is 17.9 Å². The molecule has 0 aliphatic carbocycles. The van der Waals surface area contributed by atoms with Gasteiger partial charge < -0.3 is 9.32 Å². The molecule has 3 aromatic rings. The lowest BCUT2D eigenvalue weighted by molar-refractivity contribution is 0.101. The number of hydrogen-bond acceptors (Lipinski definition) is 4. The van der Waals surface area contributed by atoms with E-state index in [0.717, 1.165) is 47.2 Å². The van der Waals surface area contributed by atoms with Crippen molar-refractivity contribution in [3.8, 4) is 17.2 Å². The summed E-state index contributed by atoms with van der Waals surface area (Å²) in [7, 11) is 0. The normalized spacial score (nSPS) is 17.1. The van der Waals surface area contributed by atoms with Gasteiger partial charge in [-0.05, 0) is 80.6 Å². The van der Waals surface area contributed by atoms with E-state index in [2.05, 4.69) is 24.0 Å². The Hall–Kier alpha value is -2.90. The summed E-state index contributed by atoms with van der Waals surface area (Å²) in [6, 6.07) is 14.6. The van der Waals surface area contributed by atoms with Crippen molar-refractivity contribution in [2.24, 2.45) is 0 Å². The Labute approximate surface area is 165 Å². The number of Topliss-reactive ketones (excluding diaryl/α,β-unsaturated/α-hetero) is 1. The molecule has 1 atom stereocenters. The Morgan fingerprint density at radius 3 is 2.86 bits per heavy atom. The van der Waals surface area contributed by atoms with Crippen LogP contribution in [-0.4, -0.2) is 29.8 Å². The molecular formula is C24H24N2O2. The van der Waals surface area contributed by atoms with E-state index in [4.69, 9.17) is 4.42 Å². The van der Waals surface area contributed by atoms with Gasteiger partial charge in [0.1, 0.15) is 5.58 Å². The van der Waals surface area contributed by atoms with Crippen molar-refractivity contribution >= 4 is 16.8 Å². The molecular weight excluding hydrogens is 348 g/mol. The third kappa shape index (κ3) is 3.34. The molecule has 0 unspecified atom stereocenters. The number of carbonyl (C=O) groups excluding carboxylic acids is 1. The van der Waals surface area contributed by atoms with Crippen LogP contribution in [0.25, 0.3) is 22.1 Å². The van der Waals surface area contributed by atoms with Crippen LogP contribution in [-0.2, 0) is 6.42 Å². The molecule has 0 spiro atoms. The van der Waals surface area contributed by atoms with Gasteiger partial charge in [0.25, 0.3) is 0 Å². The predicted molar refractivity (Wildman–Crippen MR) is 110 cm³/mol. The highest BCUT2D eigenvalue weighted by Gasteiger charge is 2.23. The van der Waals surface area contributed by atoms with Gasteiger partial charge in [-0.2, -0.15) is 5.26 Å². The summed E-state index contributed by atoms with van der Waals surface area (Å²) in [6.45, 7) is 5.82. The van der Waals surface area contributed by atoms with Gasteiger partial charge in [0, 0.05) is 23.5 Å². The van der Waals surface area contributed by atoms with Crippen LogP contribution in [0.15, 0.2) is 47.1 Å². The van der Waals surface area contributed by atoms with Crippen LogP contribution in [0, 0.1) is 11.3 Å². The summed E-state index contributed by atoms with van der Waals surface area (Å²) in [5.74, 6) is -0.0488. The van der Waals surface area contributed by atoms with Gasteiger partial charge in [-0.1, -0.05) is 12.1 Å². The van der Waals surface area contributed by atoms with Crippen molar-refractivity contribution in [1.29, 1.82) is 5.26 Å². The molecule has 28 heavy (non-hydrogen) atoms. The molecule has 1 aliphatic heterocycles. The molecule has 0 bridgehead atoms. The largest absolute Gasteiger partial charge is 0.464 e. The molecule has 1 aliphatic rings. The van der Waals surface area contributed by atoms with Gasteiger partial charge >= 0.3 is 0 Å². The molecule has 2 heterocycles. The molecule has 1 saturated heterocycles. The number of carbonyl (C=O) groups is 1. The highest BCUT2D eigenvalue weighted by Crippen LogP contribution is 2.32. The lowest BCUT2D eigenvalue weighted by Crippen LogP contribution is -2.29. The highest BCUT2D eigenvalue weighted by molar-refractivity contribution is 6.00. The van der Waals surface area contributed by atoms with Gasteiger partial charge in [-0.3, -0.25) is 4.79 Å². The summed E-state index contributed by atoms with van der Waals surface area (Å²) in [6.07, 6.45) is 4.89. The van der Waals surface area contributed by atoms with E-state index in [1.807, 2.05) is 24.3 Å². The van der Waals surface area contributed by atoms with Crippen LogP contribution in [0.2, 0.25) is 0 Å². The molecule has 0 N–H and O–H groups in total. The molecule has 4 rings (SSSR count). The molecule has 1 fully saturated rings. The van der Waals surface area contributed by atoms with E-state index in [1.54, 1.807) is 19.3 Å². The Morgan fingerprint density at radius 2 is 2.14 bits per heavy atom. The third-order valence-corrected chi connectivity index (χ3v) is 5.89. The van der Waals surface area contributed by atoms with Crippen LogP contribution in [0.4, 0.5) is 0 Å². The number of rotatable bonds is 5. The summed E-state index contributed by atoms with van der Waals surface area (Å²) >= 11 is 0. The van der Waals surface area contributed by atoms with Crippen molar-refractivity contribution in [2.45, 2.75) is 39.2 Å². The predicted octanol–water partition coefficient (Wildman–Crippen LogP) is 5.20. The lowest BCUT2D eigenvalue weighted by Gasteiger charge is -2.23. The SMILES string of the molecule is CC(=O)c1c(C#N)ccc(-c2ccc3occc3c2)c1CCN1CCC[C@H]1C. The fourth-order valence-corrected chi connectivity index (χ4v) is 4.39. The maximum Gasteiger partial charge on any atom is 0.161 e. The topological polar surface area (TPSA) is 57.2 Å². The second kappa shape index (κ2) is 7.61. The molecule has 4 nitrogen and oxygen atoms in total. The lowest BCUT2D eigenvalue weighted by atomic mass is 9.88. The first-order chi connectivity index (χ1) is 13.6. The van der Waals surface area contributed by atoms with Crippen molar-refractivity contribution in [2.75, 3.05) is 13.1 Å². The monoisotopic (exact) mass is 372 g/mol. The molecule has 2 aromatic carbocycles. The zero-order chi connectivity index (χ0) is 19.7. The maximum atomic E-state index is 12.5. The van der Waals surface area contributed by atoms with E-state index in [9.17, 15) is 10.1 Å². The van der Waals surface area contributed by atoms with E-state index in [1.165, 1.54) is 12.8 Å². The van der Waals surface area contributed by atoms with Crippen LogP contribution in [0.3, 0.4) is 0 Å². The van der Waals surface area contributed by atoms with Crippen LogP contribution in [0.5, 0.6) is 0 Å². The van der Waals surface area contributed by atoms with Gasteiger partial charge in [0.15, 0.2) is 5.78 Å². The van der Waals surface area contributed by atoms with E-state index in [0.29, 0.717) is 17.2 Å². The van der Waals surface area contributed by atoms with Crippen LogP contribution < -0.4 is 0 Å². The molecule has 0 radical (unpaired) electrons.